The monoisotopic (exact) mass is 292 g/mol. The van der Waals surface area contributed by atoms with Gasteiger partial charge in [0.1, 0.15) is 0 Å². The predicted molar refractivity (Wildman–Crippen MR) is 78.1 cm³/mol. The van der Waals surface area contributed by atoms with Crippen molar-refractivity contribution in [1.82, 2.24) is 9.55 Å². The van der Waals surface area contributed by atoms with Gasteiger partial charge in [-0.05, 0) is 24.3 Å². The first-order chi connectivity index (χ1) is 9.16. The first kappa shape index (κ1) is 12.3. The van der Waals surface area contributed by atoms with Crippen LogP contribution in [0.15, 0.2) is 47.3 Å². The second-order valence-corrected chi connectivity index (χ2v) is 5.05. The Balaban J connectivity index is 2.16. The van der Waals surface area contributed by atoms with E-state index in [0.717, 1.165) is 16.6 Å². The van der Waals surface area contributed by atoms with Gasteiger partial charge >= 0.3 is 5.69 Å². The summed E-state index contributed by atoms with van der Waals surface area (Å²) >= 11 is 12.3. The summed E-state index contributed by atoms with van der Waals surface area (Å²) in [5.74, 6) is 0. The molecule has 5 heteroatoms. The minimum Gasteiger partial charge on any atom is -0.306 e. The van der Waals surface area contributed by atoms with Crippen LogP contribution in [0, 0.1) is 0 Å². The third-order valence-electron chi connectivity index (χ3n) is 3.06. The molecule has 0 spiro atoms. The highest BCUT2D eigenvalue weighted by Crippen LogP contribution is 2.25. The highest BCUT2D eigenvalue weighted by atomic mass is 35.5. The average molecular weight is 293 g/mol. The summed E-state index contributed by atoms with van der Waals surface area (Å²) in [6.07, 6.45) is 0. The maximum absolute atomic E-state index is 12.0. The van der Waals surface area contributed by atoms with E-state index in [9.17, 15) is 4.79 Å². The van der Waals surface area contributed by atoms with Crippen molar-refractivity contribution in [2.75, 3.05) is 0 Å². The largest absolute Gasteiger partial charge is 0.326 e. The standard InChI is InChI=1S/C14H10Cl2N2O/c15-10-4-3-5-11(16)9(10)8-18-13-7-2-1-6-12(13)17-14(18)19/h1-7H,8H2,(H,17,19). The van der Waals surface area contributed by atoms with Crippen LogP contribution in [0.3, 0.4) is 0 Å². The second-order valence-electron chi connectivity index (χ2n) is 4.23. The molecule has 0 saturated heterocycles. The maximum atomic E-state index is 12.0. The molecule has 0 aliphatic heterocycles. The van der Waals surface area contributed by atoms with E-state index in [1.54, 1.807) is 22.8 Å². The number of para-hydroxylation sites is 2. The van der Waals surface area contributed by atoms with Crippen molar-refractivity contribution in [3.05, 3.63) is 68.6 Å². The molecule has 3 nitrogen and oxygen atoms in total. The molecule has 1 N–H and O–H groups in total. The first-order valence-corrected chi connectivity index (χ1v) is 6.53. The number of nitrogens with zero attached hydrogens (tertiary/aromatic N) is 1. The van der Waals surface area contributed by atoms with E-state index in [0.29, 0.717) is 16.6 Å². The molecule has 3 rings (SSSR count). The molecule has 0 amide bonds. The molecular formula is C14H10Cl2N2O. The SMILES string of the molecule is O=c1[nH]c2ccccc2n1Cc1c(Cl)cccc1Cl. The van der Waals surface area contributed by atoms with Crippen LogP contribution in [0.5, 0.6) is 0 Å². The van der Waals surface area contributed by atoms with Crippen LogP contribution in [0.2, 0.25) is 10.0 Å². The van der Waals surface area contributed by atoms with Crippen molar-refractivity contribution < 1.29 is 0 Å². The van der Waals surface area contributed by atoms with Crippen LogP contribution in [-0.2, 0) is 6.54 Å². The zero-order chi connectivity index (χ0) is 13.4. The molecule has 0 aliphatic rings. The van der Waals surface area contributed by atoms with Gasteiger partial charge in [-0.15, -0.1) is 0 Å². The van der Waals surface area contributed by atoms with Gasteiger partial charge in [0.2, 0.25) is 0 Å². The molecule has 96 valence electrons. The van der Waals surface area contributed by atoms with Crippen molar-refractivity contribution in [1.29, 1.82) is 0 Å². The highest BCUT2D eigenvalue weighted by Gasteiger charge is 2.11. The summed E-state index contributed by atoms with van der Waals surface area (Å²) in [5.41, 5.74) is 2.22. The number of H-pyrrole nitrogens is 1. The molecule has 0 saturated carbocycles. The Hall–Kier alpha value is -1.71. The summed E-state index contributed by atoms with van der Waals surface area (Å²) in [6.45, 7) is 0.349. The molecule has 2 aromatic carbocycles. The molecule has 0 radical (unpaired) electrons. The lowest BCUT2D eigenvalue weighted by Gasteiger charge is -2.08. The fraction of sp³-hybridized carbons (Fsp3) is 0.0714. The Morgan fingerprint density at radius 2 is 1.68 bits per heavy atom. The van der Waals surface area contributed by atoms with Gasteiger partial charge in [0.15, 0.2) is 0 Å². The van der Waals surface area contributed by atoms with E-state index in [1.165, 1.54) is 0 Å². The highest BCUT2D eigenvalue weighted by molar-refractivity contribution is 6.36. The van der Waals surface area contributed by atoms with Crippen molar-refractivity contribution in [2.45, 2.75) is 6.54 Å². The zero-order valence-corrected chi connectivity index (χ0v) is 11.4. The minimum atomic E-state index is -0.169. The van der Waals surface area contributed by atoms with Gasteiger partial charge in [-0.3, -0.25) is 4.57 Å². The van der Waals surface area contributed by atoms with Crippen LogP contribution in [-0.4, -0.2) is 9.55 Å². The smallest absolute Gasteiger partial charge is 0.306 e. The molecule has 19 heavy (non-hydrogen) atoms. The van der Waals surface area contributed by atoms with Gasteiger partial charge in [0, 0.05) is 15.6 Å². The summed E-state index contributed by atoms with van der Waals surface area (Å²) < 4.78 is 1.63. The van der Waals surface area contributed by atoms with Crippen LogP contribution in [0.25, 0.3) is 11.0 Å². The normalized spacial score (nSPS) is 11.1. The quantitative estimate of drug-likeness (QED) is 0.769. The van der Waals surface area contributed by atoms with Gasteiger partial charge in [-0.25, -0.2) is 4.79 Å². The van der Waals surface area contributed by atoms with Crippen LogP contribution in [0.4, 0.5) is 0 Å². The summed E-state index contributed by atoms with van der Waals surface area (Å²) in [7, 11) is 0. The lowest BCUT2D eigenvalue weighted by molar-refractivity contribution is 0.787. The summed E-state index contributed by atoms with van der Waals surface area (Å²) in [4.78, 5) is 14.8. The third kappa shape index (κ3) is 2.15. The Morgan fingerprint density at radius 1 is 1.00 bits per heavy atom. The van der Waals surface area contributed by atoms with Crippen molar-refractivity contribution in [3.8, 4) is 0 Å². The van der Waals surface area contributed by atoms with Gasteiger partial charge in [0.25, 0.3) is 0 Å². The van der Waals surface area contributed by atoms with Crippen LogP contribution >= 0.6 is 23.2 Å². The predicted octanol–water partition coefficient (Wildman–Crippen LogP) is 3.68. The Kier molecular flexibility index (Phi) is 3.09. The molecule has 0 aliphatic carbocycles. The maximum Gasteiger partial charge on any atom is 0.326 e. The number of aromatic amines is 1. The Labute approximate surface area is 119 Å². The number of fused-ring (bicyclic) bond motifs is 1. The fourth-order valence-corrected chi connectivity index (χ4v) is 2.62. The molecule has 0 bridgehead atoms. The fourth-order valence-electron chi connectivity index (χ4n) is 2.11. The van der Waals surface area contributed by atoms with Crippen molar-refractivity contribution in [2.24, 2.45) is 0 Å². The summed E-state index contributed by atoms with van der Waals surface area (Å²) in [6, 6.07) is 12.8. The summed E-state index contributed by atoms with van der Waals surface area (Å²) in [5, 5.41) is 1.12. The average Bonchev–Trinajstić information content (AvgIpc) is 2.70. The van der Waals surface area contributed by atoms with E-state index < -0.39 is 0 Å². The molecular weight excluding hydrogens is 283 g/mol. The zero-order valence-electron chi connectivity index (χ0n) is 9.86. The molecule has 1 aromatic heterocycles. The number of hydrogen-bond donors (Lipinski definition) is 1. The van der Waals surface area contributed by atoms with Crippen LogP contribution < -0.4 is 5.69 Å². The molecule has 0 unspecified atom stereocenters. The van der Waals surface area contributed by atoms with E-state index in [1.807, 2.05) is 24.3 Å². The van der Waals surface area contributed by atoms with Gasteiger partial charge < -0.3 is 4.98 Å². The second kappa shape index (κ2) is 4.76. The van der Waals surface area contributed by atoms with E-state index >= 15 is 0 Å². The number of aromatic nitrogens is 2. The van der Waals surface area contributed by atoms with E-state index in [4.69, 9.17) is 23.2 Å². The number of imidazole rings is 1. The number of rotatable bonds is 2. The number of nitrogens with one attached hydrogen (secondary N) is 1. The Morgan fingerprint density at radius 3 is 2.42 bits per heavy atom. The molecule has 1 heterocycles. The van der Waals surface area contributed by atoms with Crippen LogP contribution in [0.1, 0.15) is 5.56 Å². The van der Waals surface area contributed by atoms with Gasteiger partial charge in [-0.2, -0.15) is 0 Å². The number of benzene rings is 2. The van der Waals surface area contributed by atoms with E-state index in [-0.39, 0.29) is 5.69 Å². The topological polar surface area (TPSA) is 37.8 Å². The number of hydrogen-bond acceptors (Lipinski definition) is 1. The number of halogens is 2. The lowest BCUT2D eigenvalue weighted by Crippen LogP contribution is -2.17. The first-order valence-electron chi connectivity index (χ1n) is 5.77. The lowest BCUT2D eigenvalue weighted by atomic mass is 10.2. The Bertz CT molecular complexity index is 784. The third-order valence-corrected chi connectivity index (χ3v) is 3.77. The molecule has 0 atom stereocenters. The minimum absolute atomic E-state index is 0.169. The van der Waals surface area contributed by atoms with Gasteiger partial charge in [0.05, 0.1) is 17.6 Å². The van der Waals surface area contributed by atoms with E-state index in [2.05, 4.69) is 4.98 Å². The molecule has 3 aromatic rings. The molecule has 0 fully saturated rings. The van der Waals surface area contributed by atoms with Crippen molar-refractivity contribution in [3.63, 3.8) is 0 Å². The van der Waals surface area contributed by atoms with Gasteiger partial charge in [-0.1, -0.05) is 41.4 Å². The van der Waals surface area contributed by atoms with Crippen molar-refractivity contribution >= 4 is 34.2 Å².